The minimum Gasteiger partial charge on any atom is -0.487 e. The van der Waals surface area contributed by atoms with Crippen LogP contribution >= 0.6 is 24.0 Å². The number of hydrogen-bond donors (Lipinski definition) is 2. The van der Waals surface area contributed by atoms with Crippen LogP contribution in [0.25, 0.3) is 0 Å². The lowest BCUT2D eigenvalue weighted by atomic mass is 9.90. The van der Waals surface area contributed by atoms with E-state index < -0.39 is 0 Å². The van der Waals surface area contributed by atoms with E-state index in [0.29, 0.717) is 26.0 Å². The number of rotatable bonds is 7. The molecule has 7 heteroatoms. The average Bonchev–Trinajstić information content (AvgIpc) is 2.58. The molecule has 27 heavy (non-hydrogen) atoms. The molecule has 0 amide bonds. The smallest absolute Gasteiger partial charge is 0.305 e. The van der Waals surface area contributed by atoms with E-state index in [9.17, 15) is 4.79 Å². The summed E-state index contributed by atoms with van der Waals surface area (Å²) in [6, 6.07) is 8.24. The van der Waals surface area contributed by atoms with Gasteiger partial charge in [-0.2, -0.15) is 0 Å². The maximum Gasteiger partial charge on any atom is 0.305 e. The second-order valence-electron chi connectivity index (χ2n) is 6.97. The second kappa shape index (κ2) is 11.4. The van der Waals surface area contributed by atoms with Crippen LogP contribution in [0.5, 0.6) is 5.75 Å². The topological polar surface area (TPSA) is 72.0 Å². The number of nitrogens with one attached hydrogen (secondary N) is 2. The summed E-state index contributed by atoms with van der Waals surface area (Å²) in [6.45, 7) is 9.82. The van der Waals surface area contributed by atoms with Crippen LogP contribution in [-0.2, 0) is 9.53 Å². The molecule has 2 rings (SSSR count). The predicted octanol–water partition coefficient (Wildman–Crippen LogP) is 3.81. The number of guanidine groups is 1. The van der Waals surface area contributed by atoms with Crippen molar-refractivity contribution in [3.05, 3.63) is 29.8 Å². The number of carbonyl (C=O) groups excluding carboxylic acids is 1. The number of nitrogens with zero attached hydrogens (tertiary/aromatic N) is 1. The lowest BCUT2D eigenvalue weighted by Crippen LogP contribution is -2.45. The molecule has 0 spiro atoms. The van der Waals surface area contributed by atoms with Crippen LogP contribution < -0.4 is 15.4 Å². The van der Waals surface area contributed by atoms with Crippen LogP contribution in [0.1, 0.15) is 58.6 Å². The molecule has 0 radical (unpaired) electrons. The Labute approximate surface area is 179 Å². The first kappa shape index (κ1) is 23.5. The van der Waals surface area contributed by atoms with Crippen molar-refractivity contribution in [2.24, 2.45) is 4.99 Å². The summed E-state index contributed by atoms with van der Waals surface area (Å²) < 4.78 is 11.0. The Balaban J connectivity index is 0.00000364. The highest BCUT2D eigenvalue weighted by molar-refractivity contribution is 14.0. The van der Waals surface area contributed by atoms with E-state index in [1.54, 1.807) is 0 Å². The number of aliphatic imine (C=N–C) groups is 1. The number of carbonyl (C=O) groups is 1. The van der Waals surface area contributed by atoms with Gasteiger partial charge in [0.1, 0.15) is 11.4 Å². The number of hydrogen-bond acceptors (Lipinski definition) is 4. The number of fused-ring (bicyclic) bond motifs is 1. The van der Waals surface area contributed by atoms with Crippen molar-refractivity contribution in [3.8, 4) is 5.75 Å². The summed E-state index contributed by atoms with van der Waals surface area (Å²) in [7, 11) is 0. The number of para-hydroxylation sites is 1. The van der Waals surface area contributed by atoms with Crippen LogP contribution in [0, 0.1) is 0 Å². The number of halogens is 1. The fourth-order valence-electron chi connectivity index (χ4n) is 3.06. The molecule has 1 unspecified atom stereocenters. The summed E-state index contributed by atoms with van der Waals surface area (Å²) in [5.41, 5.74) is 0.900. The van der Waals surface area contributed by atoms with E-state index in [0.717, 1.165) is 30.2 Å². The molecule has 2 N–H and O–H groups in total. The van der Waals surface area contributed by atoms with Gasteiger partial charge in [-0.3, -0.25) is 9.79 Å². The number of benzene rings is 1. The Morgan fingerprint density at radius 3 is 2.78 bits per heavy atom. The molecule has 1 aliphatic heterocycles. The van der Waals surface area contributed by atoms with Crippen molar-refractivity contribution < 1.29 is 14.3 Å². The van der Waals surface area contributed by atoms with Crippen molar-refractivity contribution >= 4 is 35.9 Å². The summed E-state index contributed by atoms with van der Waals surface area (Å²) in [4.78, 5) is 16.0. The molecular formula is C20H32IN3O3. The molecule has 6 nitrogen and oxygen atoms in total. The van der Waals surface area contributed by atoms with E-state index in [1.165, 1.54) is 0 Å². The third kappa shape index (κ3) is 7.56. The zero-order valence-corrected chi connectivity index (χ0v) is 19.0. The molecule has 1 aromatic carbocycles. The lowest BCUT2D eigenvalue weighted by Gasteiger charge is -2.38. The van der Waals surface area contributed by atoms with Gasteiger partial charge in [0, 0.05) is 31.5 Å². The zero-order valence-electron chi connectivity index (χ0n) is 16.7. The molecular weight excluding hydrogens is 457 g/mol. The van der Waals surface area contributed by atoms with Gasteiger partial charge in [0.15, 0.2) is 5.96 Å². The second-order valence-corrected chi connectivity index (χ2v) is 6.97. The third-order valence-corrected chi connectivity index (χ3v) is 4.15. The Hall–Kier alpha value is -1.51. The average molecular weight is 489 g/mol. The van der Waals surface area contributed by atoms with E-state index in [4.69, 9.17) is 9.47 Å². The van der Waals surface area contributed by atoms with Gasteiger partial charge in [-0.15, -0.1) is 24.0 Å². The van der Waals surface area contributed by atoms with E-state index in [-0.39, 0.29) is 41.6 Å². The Kier molecular flexibility index (Phi) is 9.90. The van der Waals surface area contributed by atoms with Gasteiger partial charge in [-0.1, -0.05) is 18.2 Å². The zero-order chi connectivity index (χ0) is 19.0. The van der Waals surface area contributed by atoms with Gasteiger partial charge >= 0.3 is 5.97 Å². The van der Waals surface area contributed by atoms with Crippen molar-refractivity contribution in [1.82, 2.24) is 10.6 Å². The first-order chi connectivity index (χ1) is 12.4. The van der Waals surface area contributed by atoms with Crippen LogP contribution in [-0.4, -0.2) is 37.2 Å². The summed E-state index contributed by atoms with van der Waals surface area (Å²) in [5.74, 6) is 1.51. The van der Waals surface area contributed by atoms with E-state index in [1.807, 2.05) is 32.0 Å². The standard InChI is InChI=1S/C20H31N3O3.HI/c1-5-21-19(22-13-9-12-18(24)25-6-2)23-16-14-20(3,4)26-17-11-8-7-10-15(16)17;/h7-8,10-11,16H,5-6,9,12-14H2,1-4H3,(H2,21,22,23);1H. The molecule has 0 saturated carbocycles. The molecule has 1 aromatic rings. The summed E-state index contributed by atoms with van der Waals surface area (Å²) >= 11 is 0. The molecule has 1 heterocycles. The lowest BCUT2D eigenvalue weighted by molar-refractivity contribution is -0.143. The van der Waals surface area contributed by atoms with Crippen LogP contribution in [0.4, 0.5) is 0 Å². The molecule has 1 atom stereocenters. The Morgan fingerprint density at radius 1 is 1.33 bits per heavy atom. The van der Waals surface area contributed by atoms with Crippen molar-refractivity contribution in [3.63, 3.8) is 0 Å². The largest absolute Gasteiger partial charge is 0.487 e. The molecule has 0 aromatic heterocycles. The van der Waals surface area contributed by atoms with E-state index in [2.05, 4.69) is 35.5 Å². The molecule has 152 valence electrons. The van der Waals surface area contributed by atoms with Gasteiger partial charge in [-0.25, -0.2) is 0 Å². The first-order valence-electron chi connectivity index (χ1n) is 9.43. The fourth-order valence-corrected chi connectivity index (χ4v) is 3.06. The van der Waals surface area contributed by atoms with Gasteiger partial charge < -0.3 is 20.1 Å². The minimum absolute atomic E-state index is 0. The predicted molar refractivity (Wildman–Crippen MR) is 119 cm³/mol. The SMILES string of the molecule is CCNC(=NCCCC(=O)OCC)NC1CC(C)(C)Oc2ccccc21.I. The first-order valence-corrected chi connectivity index (χ1v) is 9.43. The van der Waals surface area contributed by atoms with Crippen LogP contribution in [0.3, 0.4) is 0 Å². The van der Waals surface area contributed by atoms with Gasteiger partial charge in [0.2, 0.25) is 0 Å². The van der Waals surface area contributed by atoms with Gasteiger partial charge in [-0.05, 0) is 40.2 Å². The molecule has 0 saturated heterocycles. The van der Waals surface area contributed by atoms with Gasteiger partial charge in [0.25, 0.3) is 0 Å². The highest BCUT2D eigenvalue weighted by Crippen LogP contribution is 2.39. The monoisotopic (exact) mass is 489 g/mol. The number of ether oxygens (including phenoxy) is 2. The summed E-state index contributed by atoms with van der Waals surface area (Å²) in [5, 5.41) is 6.81. The van der Waals surface area contributed by atoms with Crippen LogP contribution in [0.15, 0.2) is 29.3 Å². The quantitative estimate of drug-likeness (QED) is 0.201. The van der Waals surface area contributed by atoms with E-state index >= 15 is 0 Å². The van der Waals surface area contributed by atoms with Crippen molar-refractivity contribution in [1.29, 1.82) is 0 Å². The Morgan fingerprint density at radius 2 is 2.07 bits per heavy atom. The number of esters is 1. The van der Waals surface area contributed by atoms with Gasteiger partial charge in [0.05, 0.1) is 12.6 Å². The third-order valence-electron chi connectivity index (χ3n) is 4.15. The maximum absolute atomic E-state index is 11.4. The van der Waals surface area contributed by atoms with Crippen molar-refractivity contribution in [2.75, 3.05) is 19.7 Å². The molecule has 0 fully saturated rings. The van der Waals surface area contributed by atoms with Crippen LogP contribution in [0.2, 0.25) is 0 Å². The molecule has 1 aliphatic rings. The maximum atomic E-state index is 11.4. The van der Waals surface area contributed by atoms with Crippen molar-refractivity contribution in [2.45, 2.75) is 58.6 Å². The Bertz CT molecular complexity index is 635. The molecule has 0 aliphatic carbocycles. The highest BCUT2D eigenvalue weighted by atomic mass is 127. The normalized spacial score (nSPS) is 17.8. The fraction of sp³-hybridized carbons (Fsp3) is 0.600. The summed E-state index contributed by atoms with van der Waals surface area (Å²) in [6.07, 6.45) is 1.91. The molecule has 0 bridgehead atoms. The minimum atomic E-state index is -0.243. The highest BCUT2D eigenvalue weighted by Gasteiger charge is 2.33.